The minimum absolute atomic E-state index is 0.163. The van der Waals surface area contributed by atoms with E-state index in [-0.39, 0.29) is 25.9 Å². The van der Waals surface area contributed by atoms with Crippen LogP contribution in [0, 0.1) is 0 Å². The lowest BCUT2D eigenvalue weighted by atomic mass is 10.0. The van der Waals surface area contributed by atoms with Gasteiger partial charge in [-0.3, -0.25) is 23.4 Å². The number of carbonyl (C=O) groups excluding carboxylic acids is 3. The molecule has 0 amide bonds. The number of ether oxygens (including phenoxy) is 3. The monoisotopic (exact) mass is 1090 g/mol. The molecule has 0 heterocycles. The second-order valence-corrected chi connectivity index (χ2v) is 21.9. The summed E-state index contributed by atoms with van der Waals surface area (Å²) >= 11 is 0. The minimum atomic E-state index is -4.76. The molecule has 11 nitrogen and oxygen atoms in total. The van der Waals surface area contributed by atoms with Crippen molar-refractivity contribution in [3.63, 3.8) is 0 Å². The van der Waals surface area contributed by atoms with Crippen LogP contribution in [0.1, 0.15) is 278 Å². The van der Waals surface area contributed by atoms with Gasteiger partial charge in [-0.05, 0) is 83.5 Å². The van der Waals surface area contributed by atoms with Crippen molar-refractivity contribution in [3.05, 3.63) is 72.9 Å². The highest BCUT2D eigenvalue weighted by Crippen LogP contribution is 2.43. The molecule has 0 aromatic rings. The SMILES string of the molecule is CC/C=C\C/C=C\C/C=C\CCCCCCCCCC(=O)OC(CO)COP(=O)(O)OCC(COC(=O)CCCCC/C=C\C/C=C\C/C=C\CC)OC(=O)CCCCCCCCCCCCCCCCCCCCC. The molecule has 0 aliphatic rings. The zero-order chi connectivity index (χ0) is 55.5. The lowest BCUT2D eigenvalue weighted by molar-refractivity contribution is -0.161. The molecule has 3 atom stereocenters. The van der Waals surface area contributed by atoms with Crippen molar-refractivity contribution in [1.82, 2.24) is 0 Å². The van der Waals surface area contributed by atoms with Crippen molar-refractivity contribution in [3.8, 4) is 0 Å². The summed E-state index contributed by atoms with van der Waals surface area (Å²) in [6.07, 6.45) is 65.8. The standard InChI is InChI=1S/C64H113O11P/c1-4-7-10-13-16-19-22-25-27-29-30-32-34-37-40-43-46-49-52-55-64(68)75-61(57-71-62(66)53-50-47-44-41-38-35-24-21-18-15-12-9-6-3)59-73-76(69,70)72-58-60(56-65)74-63(67)54-51-48-45-42-39-36-33-31-28-26-23-20-17-14-11-8-5-2/h8-9,11-12,17-18,20-21,26,28,35,38,60-61,65H,4-7,10,13-16,19,22-25,27,29-34,36-37,39-59H2,1-3H3,(H,69,70)/b11-8-,12-9-,20-17-,21-18-,28-26-,38-35-. The molecule has 2 N–H and O–H groups in total. The number of aliphatic hydroxyl groups excluding tert-OH is 1. The molecule has 76 heavy (non-hydrogen) atoms. The zero-order valence-corrected chi connectivity index (χ0v) is 49.6. The maximum absolute atomic E-state index is 12.9. The predicted octanol–water partition coefficient (Wildman–Crippen LogP) is 18.5. The van der Waals surface area contributed by atoms with E-state index in [1.807, 2.05) is 0 Å². The number of esters is 3. The van der Waals surface area contributed by atoms with Gasteiger partial charge in [-0.2, -0.15) is 0 Å². The highest BCUT2D eigenvalue weighted by molar-refractivity contribution is 7.47. The van der Waals surface area contributed by atoms with Crippen LogP contribution in [0.15, 0.2) is 72.9 Å². The van der Waals surface area contributed by atoms with E-state index in [1.165, 1.54) is 109 Å². The first-order valence-corrected chi connectivity index (χ1v) is 32.3. The van der Waals surface area contributed by atoms with Gasteiger partial charge in [0.05, 0.1) is 19.8 Å². The largest absolute Gasteiger partial charge is 0.472 e. The summed E-state index contributed by atoms with van der Waals surface area (Å²) in [5.41, 5.74) is 0. The predicted molar refractivity (Wildman–Crippen MR) is 316 cm³/mol. The number of rotatable bonds is 57. The second kappa shape index (κ2) is 58.1. The van der Waals surface area contributed by atoms with Crippen molar-refractivity contribution in [2.45, 2.75) is 290 Å². The van der Waals surface area contributed by atoms with Crippen molar-refractivity contribution < 1.29 is 52.2 Å². The van der Waals surface area contributed by atoms with Crippen LogP contribution in [-0.4, -0.2) is 66.5 Å². The van der Waals surface area contributed by atoms with Crippen LogP contribution in [0.3, 0.4) is 0 Å². The molecule has 0 aliphatic carbocycles. The third-order valence-electron chi connectivity index (χ3n) is 13.1. The van der Waals surface area contributed by atoms with Crippen molar-refractivity contribution in [2.24, 2.45) is 0 Å². The Labute approximate surface area is 465 Å². The molecule has 440 valence electrons. The minimum Gasteiger partial charge on any atom is -0.462 e. The number of hydrogen-bond acceptors (Lipinski definition) is 10. The molecule has 12 heteroatoms. The maximum Gasteiger partial charge on any atom is 0.472 e. The van der Waals surface area contributed by atoms with E-state index < -0.39 is 57.8 Å². The Morgan fingerprint density at radius 1 is 0.382 bits per heavy atom. The molecule has 0 rings (SSSR count). The van der Waals surface area contributed by atoms with Gasteiger partial charge in [0.15, 0.2) is 6.10 Å². The van der Waals surface area contributed by atoms with Gasteiger partial charge in [-0.1, -0.05) is 248 Å². The normalized spacial score (nSPS) is 13.8. The third-order valence-corrected chi connectivity index (χ3v) is 14.1. The lowest BCUT2D eigenvalue weighted by Crippen LogP contribution is -2.30. The first kappa shape index (κ1) is 72.9. The van der Waals surface area contributed by atoms with Crippen LogP contribution in [0.25, 0.3) is 0 Å². The van der Waals surface area contributed by atoms with Crippen LogP contribution in [0.2, 0.25) is 0 Å². The van der Waals surface area contributed by atoms with E-state index >= 15 is 0 Å². The Hall–Kier alpha value is -3.08. The molecule has 0 saturated heterocycles. The molecule has 0 radical (unpaired) electrons. The number of carbonyl (C=O) groups is 3. The van der Waals surface area contributed by atoms with E-state index in [0.717, 1.165) is 109 Å². The first-order chi connectivity index (χ1) is 37.2. The summed E-state index contributed by atoms with van der Waals surface area (Å²) < 4.78 is 39.6. The summed E-state index contributed by atoms with van der Waals surface area (Å²) in [4.78, 5) is 48.6. The van der Waals surface area contributed by atoms with Gasteiger partial charge < -0.3 is 24.2 Å². The topological polar surface area (TPSA) is 155 Å². The average molecular weight is 1090 g/mol. The Morgan fingerprint density at radius 2 is 0.684 bits per heavy atom. The van der Waals surface area contributed by atoms with Crippen LogP contribution in [-0.2, 0) is 42.2 Å². The fraction of sp³-hybridized carbons (Fsp3) is 0.766. The quantitative estimate of drug-likeness (QED) is 0.0197. The van der Waals surface area contributed by atoms with Crippen LogP contribution in [0.5, 0.6) is 0 Å². The molecular formula is C64H113O11P. The molecule has 3 unspecified atom stereocenters. The highest BCUT2D eigenvalue weighted by Gasteiger charge is 2.28. The van der Waals surface area contributed by atoms with Gasteiger partial charge in [0.2, 0.25) is 0 Å². The molecule has 0 saturated carbocycles. The summed E-state index contributed by atoms with van der Waals surface area (Å²) in [5.74, 6) is -1.50. The maximum atomic E-state index is 12.9. The van der Waals surface area contributed by atoms with Gasteiger partial charge in [0, 0.05) is 19.3 Å². The smallest absolute Gasteiger partial charge is 0.462 e. The molecule has 0 aromatic heterocycles. The van der Waals surface area contributed by atoms with Crippen LogP contribution >= 0.6 is 7.82 Å². The number of phosphoric acid groups is 1. The summed E-state index contributed by atoms with van der Waals surface area (Å²) in [5, 5.41) is 9.84. The fourth-order valence-corrected chi connectivity index (χ4v) is 9.29. The van der Waals surface area contributed by atoms with E-state index in [9.17, 15) is 28.9 Å². The number of phosphoric ester groups is 1. The highest BCUT2D eigenvalue weighted by atomic mass is 31.2. The summed E-state index contributed by atoms with van der Waals surface area (Å²) in [6.45, 7) is 4.41. The average Bonchev–Trinajstić information content (AvgIpc) is 3.41. The Balaban J connectivity index is 4.68. The lowest BCUT2D eigenvalue weighted by Gasteiger charge is -2.21. The Morgan fingerprint density at radius 3 is 1.07 bits per heavy atom. The summed E-state index contributed by atoms with van der Waals surface area (Å²) in [6, 6.07) is 0. The molecular weight excluding hydrogens is 976 g/mol. The van der Waals surface area contributed by atoms with E-state index in [4.69, 9.17) is 23.3 Å². The fourth-order valence-electron chi connectivity index (χ4n) is 8.50. The van der Waals surface area contributed by atoms with Gasteiger partial charge >= 0.3 is 25.7 Å². The molecule has 0 aromatic carbocycles. The van der Waals surface area contributed by atoms with Gasteiger partial charge in [-0.15, -0.1) is 0 Å². The molecule has 0 fully saturated rings. The van der Waals surface area contributed by atoms with E-state index in [0.29, 0.717) is 19.3 Å². The Bertz CT molecular complexity index is 1550. The molecule has 0 spiro atoms. The Kier molecular flexibility index (Phi) is 55.7. The zero-order valence-electron chi connectivity index (χ0n) is 48.7. The van der Waals surface area contributed by atoms with Gasteiger partial charge in [0.1, 0.15) is 12.7 Å². The number of unbranched alkanes of at least 4 members (excludes halogenated alkanes) is 28. The number of allylic oxidation sites excluding steroid dienone is 12. The number of hydrogen-bond donors (Lipinski definition) is 2. The second-order valence-electron chi connectivity index (χ2n) is 20.5. The van der Waals surface area contributed by atoms with E-state index in [2.05, 4.69) is 93.7 Å². The van der Waals surface area contributed by atoms with Gasteiger partial charge in [-0.25, -0.2) is 4.57 Å². The summed E-state index contributed by atoms with van der Waals surface area (Å²) in [7, 11) is -4.76. The van der Waals surface area contributed by atoms with E-state index in [1.54, 1.807) is 0 Å². The van der Waals surface area contributed by atoms with Gasteiger partial charge in [0.25, 0.3) is 0 Å². The van der Waals surface area contributed by atoms with Crippen molar-refractivity contribution in [2.75, 3.05) is 26.4 Å². The van der Waals surface area contributed by atoms with Crippen LogP contribution in [0.4, 0.5) is 0 Å². The first-order valence-electron chi connectivity index (χ1n) is 30.8. The third kappa shape index (κ3) is 55.7. The van der Waals surface area contributed by atoms with Crippen molar-refractivity contribution >= 4 is 25.7 Å². The molecule has 0 bridgehead atoms. The van der Waals surface area contributed by atoms with Crippen molar-refractivity contribution in [1.29, 1.82) is 0 Å². The number of aliphatic hydroxyl groups is 1. The molecule has 0 aliphatic heterocycles. The van der Waals surface area contributed by atoms with Crippen LogP contribution < -0.4 is 0 Å².